The molecule has 12 heteroatoms. The number of aromatic nitrogens is 5. The van der Waals surface area contributed by atoms with E-state index in [0.29, 0.717) is 47.7 Å². The van der Waals surface area contributed by atoms with E-state index < -0.39 is 20.1 Å². The van der Waals surface area contributed by atoms with Gasteiger partial charge >= 0.3 is 0 Å². The fraction of sp³-hybridized carbons (Fsp3) is 0.594. The second kappa shape index (κ2) is 12.9. The molecule has 2 aliphatic carbocycles. The van der Waals surface area contributed by atoms with Gasteiger partial charge in [0, 0.05) is 43.7 Å². The molecule has 238 valence electrons. The van der Waals surface area contributed by atoms with Gasteiger partial charge in [-0.3, -0.25) is 14.3 Å². The maximum Gasteiger partial charge on any atom is 0.270 e. The molecule has 0 spiro atoms. The van der Waals surface area contributed by atoms with Crippen molar-refractivity contribution < 1.29 is 18.7 Å². The van der Waals surface area contributed by atoms with Gasteiger partial charge in [-0.1, -0.05) is 19.6 Å². The van der Waals surface area contributed by atoms with Crippen molar-refractivity contribution in [1.82, 2.24) is 29.9 Å². The van der Waals surface area contributed by atoms with Gasteiger partial charge in [-0.2, -0.15) is 14.6 Å². The van der Waals surface area contributed by atoms with E-state index in [1.807, 2.05) is 27.7 Å². The third-order valence-electron chi connectivity index (χ3n) is 8.64. The lowest BCUT2D eigenvalue weighted by Crippen LogP contribution is -2.50. The third-order valence-corrected chi connectivity index (χ3v) is 10.3. The van der Waals surface area contributed by atoms with E-state index in [2.05, 4.69) is 45.5 Å². The Kier molecular flexibility index (Phi) is 9.40. The predicted octanol–water partition coefficient (Wildman–Crippen LogP) is 5.96. The van der Waals surface area contributed by atoms with Crippen LogP contribution in [0.5, 0.6) is 0 Å². The first-order valence-electron chi connectivity index (χ1n) is 15.8. The van der Waals surface area contributed by atoms with E-state index in [-0.39, 0.29) is 29.6 Å². The fourth-order valence-corrected chi connectivity index (χ4v) is 6.74. The normalized spacial score (nSPS) is 16.0. The molecule has 0 aliphatic heterocycles. The third kappa shape index (κ3) is 7.45. The molecule has 3 heterocycles. The van der Waals surface area contributed by atoms with Crippen LogP contribution in [0, 0.1) is 37.5 Å². The zero-order chi connectivity index (χ0) is 31.8. The van der Waals surface area contributed by atoms with E-state index in [1.54, 1.807) is 33.8 Å². The quantitative estimate of drug-likeness (QED) is 0.130. The van der Waals surface area contributed by atoms with Crippen molar-refractivity contribution in [2.45, 2.75) is 97.9 Å². The number of pyridine rings is 1. The van der Waals surface area contributed by atoms with Gasteiger partial charge < -0.3 is 15.4 Å². The first kappa shape index (κ1) is 32.0. The van der Waals surface area contributed by atoms with Crippen molar-refractivity contribution in [2.24, 2.45) is 17.8 Å². The molecular formula is C32H46FN7O3Si. The Balaban J connectivity index is 1.32. The first-order chi connectivity index (χ1) is 20.8. The number of nitrogens with zero attached hydrogens (tertiary/aromatic N) is 5. The smallest absolute Gasteiger partial charge is 0.270 e. The summed E-state index contributed by atoms with van der Waals surface area (Å²) >= 11 is 0. The molecular weight excluding hydrogens is 577 g/mol. The number of carbonyl (C=O) groups excluding carboxylic acids is 2. The molecule has 0 radical (unpaired) electrons. The molecule has 3 aromatic rings. The number of anilines is 1. The van der Waals surface area contributed by atoms with E-state index >= 15 is 4.39 Å². The topological polar surface area (TPSA) is 116 Å². The van der Waals surface area contributed by atoms with E-state index in [4.69, 9.17) is 4.74 Å². The molecule has 1 atom stereocenters. The Labute approximate surface area is 260 Å². The Morgan fingerprint density at radius 2 is 1.77 bits per heavy atom. The summed E-state index contributed by atoms with van der Waals surface area (Å²) < 4.78 is 24.8. The summed E-state index contributed by atoms with van der Waals surface area (Å²) in [6.07, 6.45) is 5.76. The summed E-state index contributed by atoms with van der Waals surface area (Å²) in [5.74, 6) is -0.508. The van der Waals surface area contributed by atoms with Gasteiger partial charge in [0.25, 0.3) is 5.91 Å². The van der Waals surface area contributed by atoms with Crippen LogP contribution in [-0.4, -0.2) is 57.1 Å². The molecule has 2 aliphatic rings. The van der Waals surface area contributed by atoms with Crippen LogP contribution >= 0.6 is 0 Å². The number of carbonyl (C=O) groups is 2. The number of hydrogen-bond acceptors (Lipinski definition) is 6. The van der Waals surface area contributed by atoms with E-state index in [0.717, 1.165) is 37.4 Å². The number of aryl methyl sites for hydroxylation is 1. The monoisotopic (exact) mass is 623 g/mol. The summed E-state index contributed by atoms with van der Waals surface area (Å²) in [5.41, 5.74) is 2.84. The van der Waals surface area contributed by atoms with Crippen LogP contribution in [0.25, 0.3) is 11.1 Å². The minimum absolute atomic E-state index is 0.00625. The van der Waals surface area contributed by atoms with Crippen molar-refractivity contribution in [1.29, 1.82) is 0 Å². The van der Waals surface area contributed by atoms with Gasteiger partial charge in [-0.25, -0.2) is 9.67 Å². The molecule has 0 unspecified atom stereocenters. The van der Waals surface area contributed by atoms with Crippen LogP contribution < -0.4 is 10.6 Å². The summed E-state index contributed by atoms with van der Waals surface area (Å²) in [6, 6.07) is 5.18. The highest BCUT2D eigenvalue weighted by molar-refractivity contribution is 6.76. The van der Waals surface area contributed by atoms with Crippen molar-refractivity contribution >= 4 is 25.7 Å². The second-order valence-electron chi connectivity index (χ2n) is 13.9. The molecule has 0 bridgehead atoms. The number of amides is 2. The minimum atomic E-state index is -1.21. The van der Waals surface area contributed by atoms with E-state index in [9.17, 15) is 9.59 Å². The fourth-order valence-electron chi connectivity index (χ4n) is 5.98. The lowest BCUT2D eigenvalue weighted by molar-refractivity contribution is -0.119. The highest BCUT2D eigenvalue weighted by Gasteiger charge is 2.48. The molecule has 2 fully saturated rings. The maximum atomic E-state index is 15.5. The van der Waals surface area contributed by atoms with Crippen LogP contribution in [0.4, 0.5) is 10.2 Å². The van der Waals surface area contributed by atoms with Crippen molar-refractivity contribution in [3.63, 3.8) is 0 Å². The van der Waals surface area contributed by atoms with Crippen LogP contribution in [-0.2, 0) is 16.3 Å². The second-order valence-corrected chi connectivity index (χ2v) is 19.5. The molecule has 0 aromatic carbocycles. The van der Waals surface area contributed by atoms with Gasteiger partial charge in [-0.15, -0.1) is 0 Å². The standard InChI is InChI=1S/C32H46FN7O3Si/c1-19(2)40-25(14-15-34-40)31(41)37-29(28(22-8-9-22)23-10-11-23)32(42)36-26-13-12-24(30(33)35-26)27-20(3)38-39(21(27)4)18-43-16-17-44(5,6)7/h12-15,19,22-23,28-29H,8-11,16-18H2,1-7H3,(H,37,41)(H,35,36,42)/t29-/m0/s1. The Morgan fingerprint density at radius 3 is 2.36 bits per heavy atom. The molecule has 3 aromatic heterocycles. The van der Waals surface area contributed by atoms with Crippen molar-refractivity contribution in [2.75, 3.05) is 11.9 Å². The molecule has 5 rings (SSSR count). The lowest BCUT2D eigenvalue weighted by Gasteiger charge is -2.27. The Hall–Kier alpha value is -3.38. The summed E-state index contributed by atoms with van der Waals surface area (Å²) in [6.45, 7) is 15.5. The Bertz CT molecular complexity index is 1490. The predicted molar refractivity (Wildman–Crippen MR) is 170 cm³/mol. The molecule has 2 amide bonds. The molecule has 2 N–H and O–H groups in total. The first-order valence-corrected chi connectivity index (χ1v) is 19.5. The van der Waals surface area contributed by atoms with Crippen LogP contribution in [0.2, 0.25) is 25.7 Å². The number of halogens is 1. The number of hydrogen-bond donors (Lipinski definition) is 2. The van der Waals surface area contributed by atoms with Crippen molar-refractivity contribution in [3.8, 4) is 11.1 Å². The summed E-state index contributed by atoms with van der Waals surface area (Å²) in [7, 11) is -1.21. The number of rotatable bonds is 14. The largest absolute Gasteiger partial charge is 0.360 e. The molecule has 44 heavy (non-hydrogen) atoms. The van der Waals surface area contributed by atoms with Crippen LogP contribution in [0.15, 0.2) is 24.4 Å². The zero-order valence-electron chi connectivity index (χ0n) is 27.0. The SMILES string of the molecule is Cc1nn(COCC[Si](C)(C)C)c(C)c1-c1ccc(NC(=O)[C@@H](NC(=O)c2ccnn2C(C)C)C(C2CC2)C2CC2)nc1F. The highest BCUT2D eigenvalue weighted by atomic mass is 28.3. The van der Waals surface area contributed by atoms with Crippen LogP contribution in [0.3, 0.4) is 0 Å². The Morgan fingerprint density at radius 1 is 1.09 bits per heavy atom. The van der Waals surface area contributed by atoms with E-state index in [1.165, 1.54) is 0 Å². The van der Waals surface area contributed by atoms with Gasteiger partial charge in [0.1, 0.15) is 24.3 Å². The average molecular weight is 624 g/mol. The lowest BCUT2D eigenvalue weighted by atomic mass is 9.88. The van der Waals surface area contributed by atoms with Crippen molar-refractivity contribution in [3.05, 3.63) is 47.4 Å². The molecule has 2 saturated carbocycles. The number of nitrogens with one attached hydrogen (secondary N) is 2. The summed E-state index contributed by atoms with van der Waals surface area (Å²) in [5, 5.41) is 14.7. The van der Waals surface area contributed by atoms with Gasteiger partial charge in [-0.05, 0) is 95.4 Å². The van der Waals surface area contributed by atoms with Gasteiger partial charge in [0.15, 0.2) is 0 Å². The van der Waals surface area contributed by atoms with Crippen LogP contribution in [0.1, 0.15) is 67.4 Å². The zero-order valence-corrected chi connectivity index (χ0v) is 28.0. The van der Waals surface area contributed by atoms with Gasteiger partial charge in [0.05, 0.1) is 5.69 Å². The summed E-state index contributed by atoms with van der Waals surface area (Å²) in [4.78, 5) is 31.3. The van der Waals surface area contributed by atoms with Gasteiger partial charge in [0.2, 0.25) is 11.9 Å². The highest BCUT2D eigenvalue weighted by Crippen LogP contribution is 2.51. The number of ether oxygens (including phenoxy) is 1. The molecule has 10 nitrogen and oxygen atoms in total. The minimum Gasteiger partial charge on any atom is -0.360 e. The average Bonchev–Trinajstić information content (AvgIpc) is 3.88. The molecule has 0 saturated heterocycles. The maximum absolute atomic E-state index is 15.5.